The van der Waals surface area contributed by atoms with Crippen LogP contribution in [0.1, 0.15) is 11.3 Å². The average molecular weight is 279 g/mol. The SMILES string of the molecule is Cc1ccccc1-c1c(CS(C)(=O)=O)nn(C)c1N. The largest absolute Gasteiger partial charge is 0.383 e. The second-order valence-corrected chi connectivity index (χ2v) is 6.86. The minimum atomic E-state index is -3.16. The van der Waals surface area contributed by atoms with Crippen LogP contribution in [0.5, 0.6) is 0 Å². The molecule has 5 nitrogen and oxygen atoms in total. The number of nitrogen functional groups attached to an aromatic ring is 1. The van der Waals surface area contributed by atoms with E-state index in [1.165, 1.54) is 10.9 Å². The van der Waals surface area contributed by atoms with Gasteiger partial charge in [0.1, 0.15) is 5.82 Å². The number of hydrogen-bond acceptors (Lipinski definition) is 4. The van der Waals surface area contributed by atoms with Gasteiger partial charge in [0.2, 0.25) is 0 Å². The summed E-state index contributed by atoms with van der Waals surface area (Å²) < 4.78 is 24.5. The van der Waals surface area contributed by atoms with Crippen molar-refractivity contribution in [3.63, 3.8) is 0 Å². The number of hydrogen-bond donors (Lipinski definition) is 1. The molecule has 0 radical (unpaired) electrons. The monoisotopic (exact) mass is 279 g/mol. The second kappa shape index (κ2) is 4.70. The molecule has 0 amide bonds. The Morgan fingerprint density at radius 1 is 1.32 bits per heavy atom. The number of aromatic nitrogens is 2. The molecule has 0 unspecified atom stereocenters. The highest BCUT2D eigenvalue weighted by molar-refractivity contribution is 7.89. The molecule has 0 bridgehead atoms. The molecule has 102 valence electrons. The van der Waals surface area contributed by atoms with Gasteiger partial charge in [0, 0.05) is 18.9 Å². The average Bonchev–Trinajstić information content (AvgIpc) is 2.54. The highest BCUT2D eigenvalue weighted by atomic mass is 32.2. The molecule has 0 saturated heterocycles. The number of rotatable bonds is 3. The Bertz CT molecular complexity index is 717. The lowest BCUT2D eigenvalue weighted by Crippen LogP contribution is -2.03. The molecule has 0 aliphatic carbocycles. The molecule has 1 aromatic carbocycles. The fourth-order valence-electron chi connectivity index (χ4n) is 2.09. The van der Waals surface area contributed by atoms with Gasteiger partial charge in [0.05, 0.1) is 11.4 Å². The van der Waals surface area contributed by atoms with Gasteiger partial charge >= 0.3 is 0 Å². The predicted molar refractivity (Wildman–Crippen MR) is 76.3 cm³/mol. The normalized spacial score (nSPS) is 11.7. The Kier molecular flexibility index (Phi) is 3.36. The van der Waals surface area contributed by atoms with Gasteiger partial charge in [-0.2, -0.15) is 5.10 Å². The van der Waals surface area contributed by atoms with E-state index in [4.69, 9.17) is 5.73 Å². The van der Waals surface area contributed by atoms with E-state index in [0.29, 0.717) is 17.1 Å². The van der Waals surface area contributed by atoms with Gasteiger partial charge in [0.25, 0.3) is 0 Å². The summed E-state index contributed by atoms with van der Waals surface area (Å²) in [6.07, 6.45) is 1.19. The van der Waals surface area contributed by atoms with Crippen LogP contribution in [-0.2, 0) is 22.6 Å². The molecule has 0 aliphatic heterocycles. The van der Waals surface area contributed by atoms with E-state index in [1.807, 2.05) is 31.2 Å². The minimum Gasteiger partial charge on any atom is -0.383 e. The summed E-state index contributed by atoms with van der Waals surface area (Å²) >= 11 is 0. The second-order valence-electron chi connectivity index (χ2n) is 4.72. The highest BCUT2D eigenvalue weighted by Gasteiger charge is 2.20. The summed E-state index contributed by atoms with van der Waals surface area (Å²) in [6.45, 7) is 1.96. The van der Waals surface area contributed by atoms with Crippen LogP contribution in [0, 0.1) is 6.92 Å². The van der Waals surface area contributed by atoms with E-state index in [2.05, 4.69) is 5.10 Å². The van der Waals surface area contributed by atoms with Gasteiger partial charge in [-0.15, -0.1) is 0 Å². The smallest absolute Gasteiger partial charge is 0.153 e. The molecule has 1 aromatic heterocycles. The molecule has 0 saturated carbocycles. The number of sulfone groups is 1. The fraction of sp³-hybridized carbons (Fsp3) is 0.308. The zero-order chi connectivity index (χ0) is 14.2. The first-order valence-electron chi connectivity index (χ1n) is 5.84. The number of aryl methyl sites for hydroxylation is 2. The van der Waals surface area contributed by atoms with Crippen molar-refractivity contribution in [2.75, 3.05) is 12.0 Å². The summed E-state index contributed by atoms with van der Waals surface area (Å²) in [4.78, 5) is 0. The van der Waals surface area contributed by atoms with E-state index < -0.39 is 9.84 Å². The van der Waals surface area contributed by atoms with Crippen LogP contribution < -0.4 is 5.73 Å². The Morgan fingerprint density at radius 2 is 1.95 bits per heavy atom. The fourth-order valence-corrected chi connectivity index (χ4v) is 2.79. The molecule has 1 heterocycles. The van der Waals surface area contributed by atoms with Gasteiger partial charge in [0.15, 0.2) is 9.84 Å². The van der Waals surface area contributed by atoms with Crippen molar-refractivity contribution in [2.24, 2.45) is 7.05 Å². The lowest BCUT2D eigenvalue weighted by Gasteiger charge is -2.07. The predicted octanol–water partition coefficient (Wildman–Crippen LogP) is 1.52. The van der Waals surface area contributed by atoms with Crippen LogP contribution >= 0.6 is 0 Å². The van der Waals surface area contributed by atoms with Crippen LogP contribution in [0.2, 0.25) is 0 Å². The quantitative estimate of drug-likeness (QED) is 0.924. The van der Waals surface area contributed by atoms with Gasteiger partial charge < -0.3 is 5.73 Å². The van der Waals surface area contributed by atoms with E-state index >= 15 is 0 Å². The van der Waals surface area contributed by atoms with E-state index in [1.54, 1.807) is 7.05 Å². The summed E-state index contributed by atoms with van der Waals surface area (Å²) in [5.74, 6) is 0.370. The lowest BCUT2D eigenvalue weighted by atomic mass is 10.0. The highest BCUT2D eigenvalue weighted by Crippen LogP contribution is 2.32. The zero-order valence-corrected chi connectivity index (χ0v) is 12.0. The van der Waals surface area contributed by atoms with Crippen molar-refractivity contribution in [1.82, 2.24) is 9.78 Å². The molecular weight excluding hydrogens is 262 g/mol. The third-order valence-corrected chi connectivity index (χ3v) is 3.78. The third-order valence-electron chi connectivity index (χ3n) is 2.98. The van der Waals surface area contributed by atoms with E-state index in [9.17, 15) is 8.42 Å². The molecule has 2 N–H and O–H groups in total. The first-order valence-corrected chi connectivity index (χ1v) is 7.90. The first kappa shape index (κ1) is 13.6. The maximum absolute atomic E-state index is 11.5. The minimum absolute atomic E-state index is 0.109. The number of nitrogens with zero attached hydrogens (tertiary/aromatic N) is 2. The summed E-state index contributed by atoms with van der Waals surface area (Å²) in [6, 6.07) is 7.72. The number of nitrogens with two attached hydrogens (primary N) is 1. The van der Waals surface area contributed by atoms with Crippen molar-refractivity contribution < 1.29 is 8.42 Å². The molecule has 2 rings (SSSR count). The Hall–Kier alpha value is -1.82. The standard InChI is InChI=1S/C13H17N3O2S/c1-9-6-4-5-7-10(9)12-11(8-19(3,17)18)15-16(2)13(12)14/h4-7H,8,14H2,1-3H3. The molecule has 6 heteroatoms. The Morgan fingerprint density at radius 3 is 2.53 bits per heavy atom. The summed E-state index contributed by atoms with van der Waals surface area (Å²) in [7, 11) is -1.44. The topological polar surface area (TPSA) is 78.0 Å². The molecule has 19 heavy (non-hydrogen) atoms. The zero-order valence-electron chi connectivity index (χ0n) is 11.2. The molecule has 0 aliphatic rings. The van der Waals surface area contributed by atoms with Crippen LogP contribution in [0.3, 0.4) is 0 Å². The molecular formula is C13H17N3O2S. The first-order chi connectivity index (χ1) is 8.79. The maximum atomic E-state index is 11.5. The molecule has 2 aromatic rings. The molecule has 0 fully saturated rings. The maximum Gasteiger partial charge on any atom is 0.153 e. The third kappa shape index (κ3) is 2.78. The molecule has 0 spiro atoms. The van der Waals surface area contributed by atoms with Crippen LogP contribution in [0.15, 0.2) is 24.3 Å². The van der Waals surface area contributed by atoms with Crippen LogP contribution in [0.4, 0.5) is 5.82 Å². The van der Waals surface area contributed by atoms with Crippen LogP contribution in [0.25, 0.3) is 11.1 Å². The van der Waals surface area contributed by atoms with Gasteiger partial charge in [-0.05, 0) is 18.1 Å². The van der Waals surface area contributed by atoms with Crippen molar-refractivity contribution in [3.8, 4) is 11.1 Å². The number of benzene rings is 1. The summed E-state index contributed by atoms with van der Waals surface area (Å²) in [5.41, 5.74) is 9.20. The van der Waals surface area contributed by atoms with Gasteiger partial charge in [-0.3, -0.25) is 4.68 Å². The van der Waals surface area contributed by atoms with Crippen molar-refractivity contribution in [1.29, 1.82) is 0 Å². The van der Waals surface area contributed by atoms with Crippen LogP contribution in [-0.4, -0.2) is 24.5 Å². The van der Waals surface area contributed by atoms with Gasteiger partial charge in [-0.1, -0.05) is 24.3 Å². The Labute approximate surface area is 113 Å². The Balaban J connectivity index is 2.66. The van der Waals surface area contributed by atoms with E-state index in [0.717, 1.165) is 11.1 Å². The lowest BCUT2D eigenvalue weighted by molar-refractivity contribution is 0.600. The van der Waals surface area contributed by atoms with Gasteiger partial charge in [-0.25, -0.2) is 8.42 Å². The molecule has 0 atom stereocenters. The summed E-state index contributed by atoms with van der Waals surface area (Å²) in [5, 5.41) is 4.23. The van der Waals surface area contributed by atoms with Crippen molar-refractivity contribution in [2.45, 2.75) is 12.7 Å². The number of anilines is 1. The van der Waals surface area contributed by atoms with Crippen molar-refractivity contribution >= 4 is 15.7 Å². The van der Waals surface area contributed by atoms with E-state index in [-0.39, 0.29) is 5.75 Å². The van der Waals surface area contributed by atoms with Crippen molar-refractivity contribution in [3.05, 3.63) is 35.5 Å².